The van der Waals surface area contributed by atoms with Crippen LogP contribution in [0.1, 0.15) is 22.7 Å². The summed E-state index contributed by atoms with van der Waals surface area (Å²) in [6, 6.07) is 0. The van der Waals surface area contributed by atoms with E-state index in [1.807, 2.05) is 0 Å². The van der Waals surface area contributed by atoms with E-state index in [0.717, 1.165) is 0 Å². The predicted octanol–water partition coefficient (Wildman–Crippen LogP) is 1.95. The molecule has 0 radical (unpaired) electrons. The first-order valence-electron chi connectivity index (χ1n) is 5.60. The van der Waals surface area contributed by atoms with E-state index in [4.69, 9.17) is 0 Å². The third-order valence-electron chi connectivity index (χ3n) is 2.39. The van der Waals surface area contributed by atoms with Crippen molar-refractivity contribution in [3.63, 3.8) is 0 Å². The number of rotatable bonds is 6. The topological polar surface area (TPSA) is 53.3 Å². The van der Waals surface area contributed by atoms with Crippen LogP contribution in [-0.2, 0) is 16.0 Å². The summed E-state index contributed by atoms with van der Waals surface area (Å²) in [5.74, 6) is 0.0630. The van der Waals surface area contributed by atoms with Gasteiger partial charge < -0.3 is 14.0 Å². The fraction of sp³-hybridized carbons (Fsp3) is 0.636. The van der Waals surface area contributed by atoms with E-state index in [9.17, 15) is 18.0 Å². The lowest BCUT2D eigenvalue weighted by atomic mass is 10.4. The van der Waals surface area contributed by atoms with Gasteiger partial charge in [0.2, 0.25) is 0 Å². The fourth-order valence-corrected chi connectivity index (χ4v) is 1.53. The molecule has 8 heteroatoms. The van der Waals surface area contributed by atoms with Crippen LogP contribution < -0.4 is 0 Å². The molecule has 0 aromatic carbocycles. The first-order valence-corrected chi connectivity index (χ1v) is 5.60. The number of hydrogen-bond donors (Lipinski definition) is 0. The second kappa shape index (κ2) is 6.55. The standard InChI is InChI=1S/C11H15F3N2O3/c1-8-15-6-9(10(17)18-2)16(8)4-3-5-19-7-11(12,13)14/h6H,3-5,7H2,1-2H3. The number of aromatic nitrogens is 2. The fourth-order valence-electron chi connectivity index (χ4n) is 1.53. The summed E-state index contributed by atoms with van der Waals surface area (Å²) >= 11 is 0. The van der Waals surface area contributed by atoms with Crippen LogP contribution in [0, 0.1) is 6.92 Å². The second-order valence-corrected chi connectivity index (χ2v) is 3.86. The summed E-state index contributed by atoms with van der Waals surface area (Å²) in [4.78, 5) is 15.4. The molecule has 0 aliphatic rings. The Morgan fingerprint density at radius 2 is 2.16 bits per heavy atom. The van der Waals surface area contributed by atoms with E-state index < -0.39 is 18.8 Å². The molecule has 0 fully saturated rings. The van der Waals surface area contributed by atoms with Gasteiger partial charge in [0, 0.05) is 13.2 Å². The molecule has 1 rings (SSSR count). The number of hydrogen-bond acceptors (Lipinski definition) is 4. The minimum absolute atomic E-state index is 0.0439. The smallest absolute Gasteiger partial charge is 0.411 e. The zero-order valence-corrected chi connectivity index (χ0v) is 10.7. The van der Waals surface area contributed by atoms with Crippen LogP contribution in [-0.4, -0.2) is 42.0 Å². The maximum absolute atomic E-state index is 11.8. The highest BCUT2D eigenvalue weighted by Crippen LogP contribution is 2.14. The van der Waals surface area contributed by atoms with Crippen LogP contribution in [0.25, 0.3) is 0 Å². The van der Waals surface area contributed by atoms with Gasteiger partial charge in [-0.2, -0.15) is 13.2 Å². The summed E-state index contributed by atoms with van der Waals surface area (Å²) in [5, 5.41) is 0. The van der Waals surface area contributed by atoms with Gasteiger partial charge >= 0.3 is 12.1 Å². The van der Waals surface area contributed by atoms with Gasteiger partial charge in [-0.05, 0) is 13.3 Å². The summed E-state index contributed by atoms with van der Waals surface area (Å²) in [6.45, 7) is 0.731. The van der Waals surface area contributed by atoms with Crippen molar-refractivity contribution >= 4 is 5.97 Å². The Bertz CT molecular complexity index is 429. The molecule has 1 aromatic rings. The van der Waals surface area contributed by atoms with E-state index in [2.05, 4.69) is 14.5 Å². The molecule has 0 saturated heterocycles. The maximum Gasteiger partial charge on any atom is 0.411 e. The zero-order valence-electron chi connectivity index (χ0n) is 10.7. The molecule has 0 unspecified atom stereocenters. The summed E-state index contributed by atoms with van der Waals surface area (Å²) in [7, 11) is 1.25. The first kappa shape index (κ1) is 15.5. The molecule has 0 bridgehead atoms. The van der Waals surface area contributed by atoms with Crippen molar-refractivity contribution in [1.82, 2.24) is 9.55 Å². The third kappa shape index (κ3) is 4.90. The molecule has 1 aromatic heterocycles. The quantitative estimate of drug-likeness (QED) is 0.590. The number of methoxy groups -OCH3 is 1. The van der Waals surface area contributed by atoms with E-state index in [1.54, 1.807) is 11.5 Å². The van der Waals surface area contributed by atoms with Crippen LogP contribution in [0.15, 0.2) is 6.20 Å². The average molecular weight is 280 g/mol. The number of halogens is 3. The van der Waals surface area contributed by atoms with Gasteiger partial charge in [0.05, 0.1) is 13.3 Å². The molecule has 19 heavy (non-hydrogen) atoms. The second-order valence-electron chi connectivity index (χ2n) is 3.86. The Balaban J connectivity index is 2.45. The van der Waals surface area contributed by atoms with E-state index in [1.165, 1.54) is 13.3 Å². The van der Waals surface area contributed by atoms with Crippen molar-refractivity contribution in [2.75, 3.05) is 20.3 Å². The normalized spacial score (nSPS) is 11.6. The van der Waals surface area contributed by atoms with E-state index >= 15 is 0 Å². The largest absolute Gasteiger partial charge is 0.464 e. The predicted molar refractivity (Wildman–Crippen MR) is 59.8 cm³/mol. The summed E-state index contributed by atoms with van der Waals surface area (Å²) < 4.78 is 46.2. The molecular formula is C11H15F3N2O3. The minimum atomic E-state index is -4.32. The van der Waals surface area contributed by atoms with Crippen LogP contribution in [0.4, 0.5) is 13.2 Å². The first-order chi connectivity index (χ1) is 8.85. The van der Waals surface area contributed by atoms with Gasteiger partial charge in [0.25, 0.3) is 0 Å². The highest BCUT2D eigenvalue weighted by Gasteiger charge is 2.27. The molecule has 5 nitrogen and oxygen atoms in total. The van der Waals surface area contributed by atoms with Crippen molar-refractivity contribution in [3.05, 3.63) is 17.7 Å². The molecule has 108 valence electrons. The Hall–Kier alpha value is -1.57. The van der Waals surface area contributed by atoms with Gasteiger partial charge in [-0.15, -0.1) is 0 Å². The molecule has 0 amide bonds. The lowest BCUT2D eigenvalue weighted by Crippen LogP contribution is -2.18. The Morgan fingerprint density at radius 1 is 1.47 bits per heavy atom. The average Bonchev–Trinajstić information content (AvgIpc) is 2.68. The van der Waals surface area contributed by atoms with Gasteiger partial charge in [0.1, 0.15) is 18.1 Å². The van der Waals surface area contributed by atoms with Gasteiger partial charge in [-0.1, -0.05) is 0 Å². The SMILES string of the molecule is COC(=O)c1cnc(C)n1CCCOCC(F)(F)F. The molecule has 1 heterocycles. The molecule has 0 aliphatic carbocycles. The highest BCUT2D eigenvalue weighted by molar-refractivity contribution is 5.87. The molecule has 0 N–H and O–H groups in total. The van der Waals surface area contributed by atoms with Crippen LogP contribution in [0.2, 0.25) is 0 Å². The highest BCUT2D eigenvalue weighted by atomic mass is 19.4. The van der Waals surface area contributed by atoms with Crippen molar-refractivity contribution < 1.29 is 27.4 Å². The zero-order chi connectivity index (χ0) is 14.5. The van der Waals surface area contributed by atoms with Crippen molar-refractivity contribution in [2.24, 2.45) is 0 Å². The van der Waals surface area contributed by atoms with Gasteiger partial charge in [0.15, 0.2) is 0 Å². The maximum atomic E-state index is 11.8. The molecule has 0 aliphatic heterocycles. The number of ether oxygens (including phenoxy) is 2. The van der Waals surface area contributed by atoms with Crippen LogP contribution >= 0.6 is 0 Å². The lowest BCUT2D eigenvalue weighted by molar-refractivity contribution is -0.174. The number of carbonyl (C=O) groups is 1. The van der Waals surface area contributed by atoms with E-state index in [-0.39, 0.29) is 12.3 Å². The summed E-state index contributed by atoms with van der Waals surface area (Å²) in [5.41, 5.74) is 0.274. The molecular weight excluding hydrogens is 265 g/mol. The monoisotopic (exact) mass is 280 g/mol. The lowest BCUT2D eigenvalue weighted by Gasteiger charge is -2.10. The van der Waals surface area contributed by atoms with Crippen LogP contribution in [0.3, 0.4) is 0 Å². The van der Waals surface area contributed by atoms with Gasteiger partial charge in [-0.3, -0.25) is 0 Å². The Morgan fingerprint density at radius 3 is 2.74 bits per heavy atom. The van der Waals surface area contributed by atoms with Crippen molar-refractivity contribution in [2.45, 2.75) is 26.1 Å². The summed E-state index contributed by atoms with van der Waals surface area (Å²) in [6.07, 6.45) is -2.60. The van der Waals surface area contributed by atoms with Crippen molar-refractivity contribution in [3.8, 4) is 0 Å². The minimum Gasteiger partial charge on any atom is -0.464 e. The number of aryl methyl sites for hydroxylation is 1. The van der Waals surface area contributed by atoms with Gasteiger partial charge in [-0.25, -0.2) is 9.78 Å². The Kier molecular flexibility index (Phi) is 5.34. The number of esters is 1. The van der Waals surface area contributed by atoms with Crippen molar-refractivity contribution in [1.29, 1.82) is 0 Å². The van der Waals surface area contributed by atoms with Crippen LogP contribution in [0.5, 0.6) is 0 Å². The number of alkyl halides is 3. The Labute approximate surface area is 108 Å². The number of carbonyl (C=O) groups excluding carboxylic acids is 1. The van der Waals surface area contributed by atoms with E-state index in [0.29, 0.717) is 18.8 Å². The molecule has 0 saturated carbocycles. The number of imidazole rings is 1. The molecule has 0 atom stereocenters. The number of nitrogens with zero attached hydrogens (tertiary/aromatic N) is 2. The third-order valence-corrected chi connectivity index (χ3v) is 2.39. The molecule has 0 spiro atoms.